The second-order valence-electron chi connectivity index (χ2n) is 7.33. The maximum Gasteiger partial charge on any atom is 0.220 e. The molecule has 0 heterocycles. The van der Waals surface area contributed by atoms with Crippen LogP contribution in [0.5, 0.6) is 0 Å². The summed E-state index contributed by atoms with van der Waals surface area (Å²) in [7, 11) is 0. The van der Waals surface area contributed by atoms with E-state index in [1.54, 1.807) is 0 Å². The normalized spacial score (nSPS) is 25.2. The molecule has 0 aromatic rings. The molecule has 1 unspecified atom stereocenters. The monoisotopic (exact) mass is 282 g/mol. The highest BCUT2D eigenvalue weighted by Crippen LogP contribution is 2.40. The zero-order chi connectivity index (χ0) is 15.2. The number of hydrogen-bond donors (Lipinski definition) is 2. The van der Waals surface area contributed by atoms with Gasteiger partial charge in [-0.25, -0.2) is 0 Å². The second kappa shape index (κ2) is 8.02. The lowest BCUT2D eigenvalue weighted by Crippen LogP contribution is -2.39. The summed E-state index contributed by atoms with van der Waals surface area (Å²) in [5.74, 6) is 1.03. The number of nitrogens with one attached hydrogen (secondary N) is 1. The van der Waals surface area contributed by atoms with E-state index in [0.29, 0.717) is 17.9 Å². The number of hydrogen-bond acceptors (Lipinski definition) is 2. The van der Waals surface area contributed by atoms with Crippen molar-refractivity contribution in [1.82, 2.24) is 5.32 Å². The van der Waals surface area contributed by atoms with Crippen LogP contribution < -0.4 is 11.1 Å². The van der Waals surface area contributed by atoms with E-state index in [-0.39, 0.29) is 11.9 Å². The fourth-order valence-electron chi connectivity index (χ4n) is 3.19. The van der Waals surface area contributed by atoms with E-state index < -0.39 is 0 Å². The first kappa shape index (κ1) is 17.5. The van der Waals surface area contributed by atoms with Crippen molar-refractivity contribution in [3.05, 3.63) is 0 Å². The Kier molecular flexibility index (Phi) is 7.01. The molecule has 0 saturated heterocycles. The van der Waals surface area contributed by atoms with E-state index >= 15 is 0 Å². The quantitative estimate of drug-likeness (QED) is 0.749. The van der Waals surface area contributed by atoms with Crippen molar-refractivity contribution in [2.75, 3.05) is 0 Å². The van der Waals surface area contributed by atoms with E-state index in [4.69, 9.17) is 5.73 Å². The Morgan fingerprint density at radius 3 is 2.40 bits per heavy atom. The van der Waals surface area contributed by atoms with Gasteiger partial charge < -0.3 is 11.1 Å². The molecule has 1 fully saturated rings. The van der Waals surface area contributed by atoms with Gasteiger partial charge >= 0.3 is 0 Å². The van der Waals surface area contributed by atoms with Crippen molar-refractivity contribution in [2.45, 2.75) is 91.1 Å². The highest BCUT2D eigenvalue weighted by Gasteiger charge is 2.32. The summed E-state index contributed by atoms with van der Waals surface area (Å²) in [6.07, 6.45) is 8.51. The molecule has 3 heteroatoms. The minimum atomic E-state index is 0.203. The smallest absolute Gasteiger partial charge is 0.220 e. The van der Waals surface area contributed by atoms with E-state index in [0.717, 1.165) is 31.6 Å². The largest absolute Gasteiger partial charge is 0.353 e. The summed E-state index contributed by atoms with van der Waals surface area (Å²) in [4.78, 5) is 11.9. The van der Waals surface area contributed by atoms with Gasteiger partial charge in [0.1, 0.15) is 0 Å². The van der Waals surface area contributed by atoms with Gasteiger partial charge in [0.25, 0.3) is 0 Å². The van der Waals surface area contributed by atoms with Crippen LogP contribution in [0.15, 0.2) is 0 Å². The van der Waals surface area contributed by atoms with Gasteiger partial charge in [-0.3, -0.25) is 4.79 Å². The van der Waals surface area contributed by atoms with Gasteiger partial charge in [-0.1, -0.05) is 27.2 Å². The molecule has 118 valence electrons. The number of carbonyl (C=O) groups is 1. The molecule has 0 spiro atoms. The van der Waals surface area contributed by atoms with Gasteiger partial charge in [-0.05, 0) is 56.8 Å². The Morgan fingerprint density at radius 1 is 1.30 bits per heavy atom. The molecule has 0 aliphatic heterocycles. The minimum Gasteiger partial charge on any atom is -0.353 e. The van der Waals surface area contributed by atoms with Crippen LogP contribution in [-0.2, 0) is 4.79 Å². The standard InChI is InChI=1S/C17H34N2O/c1-5-17(3,4)14-9-11-15(12-10-14)19-16(20)8-6-7-13(2)18/h13-15H,5-12,18H2,1-4H3,(H,19,20). The number of carbonyl (C=O) groups excluding carboxylic acids is 1. The van der Waals surface area contributed by atoms with Gasteiger partial charge in [0, 0.05) is 18.5 Å². The zero-order valence-corrected chi connectivity index (χ0v) is 13.9. The molecule has 1 aliphatic carbocycles. The fraction of sp³-hybridized carbons (Fsp3) is 0.941. The van der Waals surface area contributed by atoms with Crippen LogP contribution in [0.25, 0.3) is 0 Å². The van der Waals surface area contributed by atoms with E-state index in [2.05, 4.69) is 26.1 Å². The predicted molar refractivity (Wildman–Crippen MR) is 85.5 cm³/mol. The summed E-state index contributed by atoms with van der Waals surface area (Å²) in [5, 5.41) is 3.20. The van der Waals surface area contributed by atoms with Crippen molar-refractivity contribution < 1.29 is 4.79 Å². The van der Waals surface area contributed by atoms with E-state index in [9.17, 15) is 4.79 Å². The molecule has 0 aromatic heterocycles. The molecule has 1 atom stereocenters. The lowest BCUT2D eigenvalue weighted by atomic mass is 9.69. The van der Waals surface area contributed by atoms with Crippen LogP contribution >= 0.6 is 0 Å². The van der Waals surface area contributed by atoms with Crippen LogP contribution in [0.3, 0.4) is 0 Å². The first-order valence-electron chi connectivity index (χ1n) is 8.40. The molecule has 1 amide bonds. The molecule has 20 heavy (non-hydrogen) atoms. The molecular formula is C17H34N2O. The minimum absolute atomic E-state index is 0.203. The number of nitrogens with two attached hydrogens (primary N) is 1. The lowest BCUT2D eigenvalue weighted by Gasteiger charge is -2.39. The predicted octanol–water partition coefficient (Wildman–Crippen LogP) is 3.62. The summed E-state index contributed by atoms with van der Waals surface area (Å²) in [6.45, 7) is 9.04. The van der Waals surface area contributed by atoms with Gasteiger partial charge in [0.15, 0.2) is 0 Å². The van der Waals surface area contributed by atoms with E-state index in [1.807, 2.05) is 6.92 Å². The van der Waals surface area contributed by atoms with E-state index in [1.165, 1.54) is 19.3 Å². The Labute approximate surface area is 125 Å². The van der Waals surface area contributed by atoms with Crippen LogP contribution in [0.2, 0.25) is 0 Å². The van der Waals surface area contributed by atoms with Crippen molar-refractivity contribution in [1.29, 1.82) is 0 Å². The topological polar surface area (TPSA) is 55.1 Å². The molecule has 3 N–H and O–H groups in total. The van der Waals surface area contributed by atoms with Crippen molar-refractivity contribution >= 4 is 5.91 Å². The lowest BCUT2D eigenvalue weighted by molar-refractivity contribution is -0.122. The average molecular weight is 282 g/mol. The summed E-state index contributed by atoms with van der Waals surface area (Å²) in [5.41, 5.74) is 6.15. The third kappa shape index (κ3) is 5.82. The molecule has 1 aliphatic rings. The van der Waals surface area contributed by atoms with Gasteiger partial charge in [-0.15, -0.1) is 0 Å². The Balaban J connectivity index is 2.23. The maximum absolute atomic E-state index is 11.9. The summed E-state index contributed by atoms with van der Waals surface area (Å²) < 4.78 is 0. The third-order valence-electron chi connectivity index (χ3n) is 5.17. The van der Waals surface area contributed by atoms with Crippen molar-refractivity contribution in [2.24, 2.45) is 17.1 Å². The molecule has 3 nitrogen and oxygen atoms in total. The van der Waals surface area contributed by atoms with Gasteiger partial charge in [0.2, 0.25) is 5.91 Å². The first-order valence-corrected chi connectivity index (χ1v) is 8.40. The van der Waals surface area contributed by atoms with Crippen LogP contribution in [-0.4, -0.2) is 18.0 Å². The summed E-state index contributed by atoms with van der Waals surface area (Å²) in [6, 6.07) is 0.608. The molecular weight excluding hydrogens is 248 g/mol. The SMILES string of the molecule is CCC(C)(C)C1CCC(NC(=O)CCCC(C)N)CC1. The van der Waals surface area contributed by atoms with Crippen molar-refractivity contribution in [3.8, 4) is 0 Å². The summed E-state index contributed by atoms with van der Waals surface area (Å²) >= 11 is 0. The molecule has 0 radical (unpaired) electrons. The fourth-order valence-corrected chi connectivity index (χ4v) is 3.19. The average Bonchev–Trinajstić information content (AvgIpc) is 2.39. The maximum atomic E-state index is 11.9. The molecule has 1 rings (SSSR count). The Bertz CT molecular complexity index is 291. The molecule has 0 aromatic carbocycles. The number of amides is 1. The Morgan fingerprint density at radius 2 is 1.90 bits per heavy atom. The third-order valence-corrected chi connectivity index (χ3v) is 5.17. The van der Waals surface area contributed by atoms with Crippen LogP contribution in [0.1, 0.15) is 79.1 Å². The highest BCUT2D eigenvalue weighted by atomic mass is 16.1. The Hall–Kier alpha value is -0.570. The highest BCUT2D eigenvalue weighted by molar-refractivity contribution is 5.76. The van der Waals surface area contributed by atoms with Crippen LogP contribution in [0, 0.1) is 11.3 Å². The number of rotatable bonds is 7. The second-order valence-corrected chi connectivity index (χ2v) is 7.33. The first-order chi connectivity index (χ1) is 9.35. The van der Waals surface area contributed by atoms with Crippen LogP contribution in [0.4, 0.5) is 0 Å². The van der Waals surface area contributed by atoms with Crippen molar-refractivity contribution in [3.63, 3.8) is 0 Å². The van der Waals surface area contributed by atoms with Gasteiger partial charge in [-0.2, -0.15) is 0 Å². The molecule has 0 bridgehead atoms. The zero-order valence-electron chi connectivity index (χ0n) is 13.9. The molecule has 1 saturated carbocycles. The van der Waals surface area contributed by atoms with Gasteiger partial charge in [0.05, 0.1) is 0 Å².